The molecule has 0 spiro atoms. The van der Waals surface area contributed by atoms with E-state index in [0.717, 1.165) is 4.90 Å². The largest absolute Gasteiger partial charge is 0.486 e. The van der Waals surface area contributed by atoms with E-state index in [-0.39, 0.29) is 11.9 Å². The number of thioether (sulfide) groups is 1. The Labute approximate surface area is 170 Å². The van der Waals surface area contributed by atoms with Crippen molar-refractivity contribution in [1.29, 1.82) is 0 Å². The third-order valence-electron chi connectivity index (χ3n) is 3.87. The van der Waals surface area contributed by atoms with E-state index < -0.39 is 0 Å². The van der Waals surface area contributed by atoms with Gasteiger partial charge in [-0.05, 0) is 42.5 Å². The summed E-state index contributed by atoms with van der Waals surface area (Å²) in [6, 6.07) is 12.9. The maximum absolute atomic E-state index is 12.1. The Morgan fingerprint density at radius 3 is 2.68 bits per heavy atom. The lowest BCUT2D eigenvalue weighted by Crippen LogP contribution is -2.15. The van der Waals surface area contributed by atoms with Crippen LogP contribution in [0.15, 0.2) is 51.8 Å². The molecule has 1 aliphatic heterocycles. The number of carbonyl (C=O) groups is 1. The lowest BCUT2D eigenvalue weighted by atomic mass is 10.2. The van der Waals surface area contributed by atoms with E-state index in [2.05, 4.69) is 15.5 Å². The molecule has 0 unspecified atom stereocenters. The number of nitrogens with zero attached hydrogens (tertiary/aromatic N) is 2. The third kappa shape index (κ3) is 4.58. The Bertz CT molecular complexity index is 978. The summed E-state index contributed by atoms with van der Waals surface area (Å²) in [6.45, 7) is 1.02. The van der Waals surface area contributed by atoms with Crippen LogP contribution in [-0.2, 0) is 4.79 Å². The number of anilines is 1. The molecule has 0 saturated heterocycles. The van der Waals surface area contributed by atoms with E-state index in [9.17, 15) is 4.79 Å². The van der Waals surface area contributed by atoms with Crippen LogP contribution in [0.5, 0.6) is 11.5 Å². The quantitative estimate of drug-likeness (QED) is 0.599. The summed E-state index contributed by atoms with van der Waals surface area (Å²) in [5.41, 5.74) is 0.690. The fraction of sp³-hybridized carbons (Fsp3) is 0.211. The highest BCUT2D eigenvalue weighted by molar-refractivity contribution is 7.99. The average Bonchev–Trinajstić information content (AvgIpc) is 3.17. The van der Waals surface area contributed by atoms with Crippen LogP contribution in [0.1, 0.15) is 6.42 Å². The van der Waals surface area contributed by atoms with Gasteiger partial charge < -0.3 is 13.9 Å². The van der Waals surface area contributed by atoms with E-state index in [0.29, 0.717) is 53.4 Å². The lowest BCUT2D eigenvalue weighted by Gasteiger charge is -2.18. The van der Waals surface area contributed by atoms with Gasteiger partial charge in [-0.25, -0.2) is 0 Å². The number of hydrogen-bond acceptors (Lipinski definition) is 7. The van der Waals surface area contributed by atoms with Gasteiger partial charge in [0.15, 0.2) is 11.5 Å². The number of nitrogens with one attached hydrogen (secondary N) is 1. The number of benzene rings is 2. The Morgan fingerprint density at radius 2 is 1.86 bits per heavy atom. The number of ether oxygens (including phenoxy) is 2. The lowest BCUT2D eigenvalue weighted by molar-refractivity contribution is -0.115. The molecule has 144 valence electrons. The average molecular weight is 418 g/mol. The van der Waals surface area contributed by atoms with Crippen LogP contribution in [0.4, 0.5) is 6.01 Å². The number of fused-ring (bicyclic) bond motifs is 1. The molecular formula is C19H16ClN3O4S. The minimum absolute atomic E-state index is 0.0615. The Kier molecular flexibility index (Phi) is 5.68. The van der Waals surface area contributed by atoms with E-state index in [4.69, 9.17) is 25.5 Å². The van der Waals surface area contributed by atoms with E-state index in [1.165, 1.54) is 0 Å². The van der Waals surface area contributed by atoms with Crippen molar-refractivity contribution >= 4 is 35.3 Å². The van der Waals surface area contributed by atoms with Gasteiger partial charge in [0, 0.05) is 27.7 Å². The highest BCUT2D eigenvalue weighted by atomic mass is 35.5. The van der Waals surface area contributed by atoms with Crippen molar-refractivity contribution in [3.8, 4) is 23.0 Å². The van der Waals surface area contributed by atoms with Gasteiger partial charge in [0.05, 0.1) is 0 Å². The van der Waals surface area contributed by atoms with Crippen molar-refractivity contribution in [3.05, 3.63) is 47.5 Å². The van der Waals surface area contributed by atoms with Crippen LogP contribution in [0.25, 0.3) is 11.5 Å². The number of hydrogen-bond donors (Lipinski definition) is 1. The topological polar surface area (TPSA) is 86.5 Å². The maximum atomic E-state index is 12.1. The van der Waals surface area contributed by atoms with Crippen molar-refractivity contribution in [2.75, 3.05) is 24.3 Å². The van der Waals surface area contributed by atoms with Crippen LogP contribution in [-0.4, -0.2) is 35.1 Å². The first-order valence-corrected chi connectivity index (χ1v) is 9.95. The van der Waals surface area contributed by atoms with Gasteiger partial charge in [0.25, 0.3) is 0 Å². The summed E-state index contributed by atoms with van der Waals surface area (Å²) in [6.07, 6.45) is 0.315. The van der Waals surface area contributed by atoms with Gasteiger partial charge in [-0.15, -0.1) is 16.9 Å². The molecule has 2 aromatic carbocycles. The van der Waals surface area contributed by atoms with Gasteiger partial charge in [-0.3, -0.25) is 10.1 Å². The van der Waals surface area contributed by atoms with Crippen molar-refractivity contribution in [2.45, 2.75) is 11.3 Å². The SMILES string of the molecule is O=C(CCSc1ccc(Cl)cc1)Nc1nnc(-c2ccc3c(c2)OCCO3)o1. The molecule has 3 aromatic rings. The van der Waals surface area contributed by atoms with E-state index >= 15 is 0 Å². The second kappa shape index (κ2) is 8.53. The van der Waals surface area contributed by atoms with E-state index in [1.54, 1.807) is 30.0 Å². The molecular weight excluding hydrogens is 402 g/mol. The summed E-state index contributed by atoms with van der Waals surface area (Å²) in [5, 5.41) is 11.2. The molecule has 0 fully saturated rings. The fourth-order valence-electron chi connectivity index (χ4n) is 2.54. The predicted molar refractivity (Wildman–Crippen MR) is 106 cm³/mol. The molecule has 0 atom stereocenters. The monoisotopic (exact) mass is 417 g/mol. The van der Waals surface area contributed by atoms with Crippen molar-refractivity contribution in [2.24, 2.45) is 0 Å². The van der Waals surface area contributed by atoms with Gasteiger partial charge in [0.2, 0.25) is 11.8 Å². The summed E-state index contributed by atoms with van der Waals surface area (Å²) < 4.78 is 16.6. The van der Waals surface area contributed by atoms with Crippen LogP contribution >= 0.6 is 23.4 Å². The molecule has 1 aromatic heterocycles. The van der Waals surface area contributed by atoms with Crippen molar-refractivity contribution in [1.82, 2.24) is 10.2 Å². The molecule has 9 heteroatoms. The molecule has 2 heterocycles. The molecule has 0 bridgehead atoms. The molecule has 1 amide bonds. The van der Waals surface area contributed by atoms with Crippen LogP contribution < -0.4 is 14.8 Å². The first kappa shape index (κ1) is 18.6. The Hall–Kier alpha value is -2.71. The maximum Gasteiger partial charge on any atom is 0.322 e. The molecule has 1 aliphatic rings. The minimum atomic E-state index is -0.196. The molecule has 7 nitrogen and oxygen atoms in total. The second-order valence-electron chi connectivity index (χ2n) is 5.87. The summed E-state index contributed by atoms with van der Waals surface area (Å²) >= 11 is 7.43. The fourth-order valence-corrected chi connectivity index (χ4v) is 3.52. The molecule has 28 heavy (non-hydrogen) atoms. The van der Waals surface area contributed by atoms with Gasteiger partial charge in [0.1, 0.15) is 13.2 Å². The zero-order chi connectivity index (χ0) is 19.3. The summed E-state index contributed by atoms with van der Waals surface area (Å²) in [5.74, 6) is 2.03. The van der Waals surface area contributed by atoms with Gasteiger partial charge in [-0.2, -0.15) is 0 Å². The smallest absolute Gasteiger partial charge is 0.322 e. The highest BCUT2D eigenvalue weighted by Crippen LogP contribution is 2.34. The van der Waals surface area contributed by atoms with E-state index in [1.807, 2.05) is 24.3 Å². The Morgan fingerprint density at radius 1 is 1.07 bits per heavy atom. The van der Waals surface area contributed by atoms with Gasteiger partial charge in [-0.1, -0.05) is 16.7 Å². The Balaban J connectivity index is 1.31. The number of carbonyl (C=O) groups excluding carboxylic acids is 1. The molecule has 4 rings (SSSR count). The van der Waals surface area contributed by atoms with Crippen LogP contribution in [0.2, 0.25) is 5.02 Å². The zero-order valence-electron chi connectivity index (χ0n) is 14.7. The number of amides is 1. The number of halogens is 1. The predicted octanol–water partition coefficient (Wildman–Crippen LogP) is 4.28. The molecule has 0 aliphatic carbocycles. The first-order valence-electron chi connectivity index (χ1n) is 8.59. The molecule has 0 radical (unpaired) electrons. The molecule has 1 N–H and O–H groups in total. The van der Waals surface area contributed by atoms with Gasteiger partial charge >= 0.3 is 6.01 Å². The second-order valence-corrected chi connectivity index (χ2v) is 7.48. The normalized spacial score (nSPS) is 12.6. The van der Waals surface area contributed by atoms with Crippen molar-refractivity contribution in [3.63, 3.8) is 0 Å². The highest BCUT2D eigenvalue weighted by Gasteiger charge is 2.16. The summed E-state index contributed by atoms with van der Waals surface area (Å²) in [7, 11) is 0. The van der Waals surface area contributed by atoms with Crippen LogP contribution in [0, 0.1) is 0 Å². The third-order valence-corrected chi connectivity index (χ3v) is 5.14. The molecule has 0 saturated carbocycles. The first-order chi connectivity index (χ1) is 13.7. The van der Waals surface area contributed by atoms with Crippen LogP contribution in [0.3, 0.4) is 0 Å². The standard InChI is InChI=1S/C19H16ClN3O4S/c20-13-2-4-14(5-3-13)28-10-7-17(24)21-19-23-22-18(27-19)12-1-6-15-16(11-12)26-9-8-25-15/h1-6,11H,7-10H2,(H,21,23,24). The van der Waals surface area contributed by atoms with Crippen molar-refractivity contribution < 1.29 is 18.7 Å². The number of rotatable bonds is 6. The number of aromatic nitrogens is 2. The minimum Gasteiger partial charge on any atom is -0.486 e. The summed E-state index contributed by atoms with van der Waals surface area (Å²) in [4.78, 5) is 13.1. The zero-order valence-corrected chi connectivity index (χ0v) is 16.3.